The van der Waals surface area contributed by atoms with Gasteiger partial charge in [0.1, 0.15) is 6.54 Å². The van der Waals surface area contributed by atoms with Crippen LogP contribution < -0.4 is 10.1 Å². The van der Waals surface area contributed by atoms with Crippen LogP contribution in [0, 0.1) is 5.92 Å². The molecule has 1 aliphatic rings. The van der Waals surface area contributed by atoms with E-state index < -0.39 is 12.7 Å². The lowest BCUT2D eigenvalue weighted by atomic mass is 10.0. The first-order valence-electron chi connectivity index (χ1n) is 5.96. The number of alkyl halides is 3. The van der Waals surface area contributed by atoms with Crippen molar-refractivity contribution in [1.29, 1.82) is 0 Å². The number of ether oxygens (including phenoxy) is 1. The lowest BCUT2D eigenvalue weighted by molar-refractivity contribution is -0.142. The minimum absolute atomic E-state index is 0.393. The van der Waals surface area contributed by atoms with Crippen LogP contribution in [0.3, 0.4) is 0 Å². The molecule has 2 rings (SSSR count). The third-order valence-corrected chi connectivity index (χ3v) is 2.84. The van der Waals surface area contributed by atoms with Gasteiger partial charge < -0.3 is 10.1 Å². The highest BCUT2D eigenvalue weighted by Gasteiger charge is 2.28. The minimum atomic E-state index is -4.25. The smallest absolute Gasteiger partial charge is 0.408 e. The van der Waals surface area contributed by atoms with Crippen LogP contribution in [0.25, 0.3) is 0 Å². The molecule has 0 amide bonds. The molecule has 1 aromatic rings. The number of halogens is 3. The molecule has 18 heavy (non-hydrogen) atoms. The van der Waals surface area contributed by atoms with E-state index in [1.807, 2.05) is 0 Å². The standard InChI is InChI=1S/C11H16F3N3O/c12-11(13,14)8-17-6-10(5-16-17)18-7-9-2-1-3-15-4-9/h5-6,9,15H,1-4,7-8H2. The Morgan fingerprint density at radius 1 is 1.50 bits per heavy atom. The van der Waals surface area contributed by atoms with Gasteiger partial charge in [-0.15, -0.1) is 0 Å². The summed E-state index contributed by atoms with van der Waals surface area (Å²) in [5, 5.41) is 6.88. The maximum atomic E-state index is 12.1. The molecule has 0 spiro atoms. The third kappa shape index (κ3) is 4.21. The molecule has 1 unspecified atom stereocenters. The summed E-state index contributed by atoms with van der Waals surface area (Å²) in [5.74, 6) is 0.814. The summed E-state index contributed by atoms with van der Waals surface area (Å²) < 4.78 is 42.6. The van der Waals surface area contributed by atoms with E-state index in [2.05, 4.69) is 10.4 Å². The van der Waals surface area contributed by atoms with Gasteiger partial charge in [0.05, 0.1) is 19.0 Å². The zero-order valence-corrected chi connectivity index (χ0v) is 9.91. The molecule has 4 nitrogen and oxygen atoms in total. The second-order valence-corrected chi connectivity index (χ2v) is 4.51. The zero-order valence-electron chi connectivity index (χ0n) is 9.91. The highest BCUT2D eigenvalue weighted by atomic mass is 19.4. The summed E-state index contributed by atoms with van der Waals surface area (Å²) in [6, 6.07) is 0. The summed E-state index contributed by atoms with van der Waals surface area (Å²) in [5.41, 5.74) is 0. The van der Waals surface area contributed by atoms with Crippen molar-refractivity contribution in [3.8, 4) is 5.75 Å². The fourth-order valence-electron chi connectivity index (χ4n) is 1.97. The highest BCUT2D eigenvalue weighted by molar-refractivity contribution is 5.11. The minimum Gasteiger partial charge on any atom is -0.490 e. The van der Waals surface area contributed by atoms with Crippen molar-refractivity contribution in [3.05, 3.63) is 12.4 Å². The van der Waals surface area contributed by atoms with E-state index in [1.165, 1.54) is 12.4 Å². The topological polar surface area (TPSA) is 39.1 Å². The van der Waals surface area contributed by atoms with Crippen LogP contribution in [0.15, 0.2) is 12.4 Å². The van der Waals surface area contributed by atoms with E-state index in [-0.39, 0.29) is 0 Å². The van der Waals surface area contributed by atoms with Crippen LogP contribution in [0.5, 0.6) is 5.75 Å². The molecule has 0 saturated carbocycles. The maximum absolute atomic E-state index is 12.1. The number of piperidine rings is 1. The number of rotatable bonds is 4. The molecule has 0 radical (unpaired) electrons. The first-order chi connectivity index (χ1) is 8.53. The van der Waals surface area contributed by atoms with E-state index in [0.717, 1.165) is 30.6 Å². The second-order valence-electron chi connectivity index (χ2n) is 4.51. The molecule has 2 heterocycles. The van der Waals surface area contributed by atoms with Crippen molar-refractivity contribution >= 4 is 0 Å². The van der Waals surface area contributed by atoms with Crippen molar-refractivity contribution in [1.82, 2.24) is 15.1 Å². The quantitative estimate of drug-likeness (QED) is 0.900. The van der Waals surface area contributed by atoms with Gasteiger partial charge in [-0.2, -0.15) is 18.3 Å². The molecule has 1 fully saturated rings. The Kier molecular flexibility index (Phi) is 4.11. The van der Waals surface area contributed by atoms with Crippen molar-refractivity contribution in [2.45, 2.75) is 25.6 Å². The van der Waals surface area contributed by atoms with Crippen LogP contribution in [0.2, 0.25) is 0 Å². The predicted molar refractivity (Wildman–Crippen MR) is 59.4 cm³/mol. The number of hydrogen-bond acceptors (Lipinski definition) is 3. The van der Waals surface area contributed by atoms with Gasteiger partial charge in [0, 0.05) is 12.5 Å². The van der Waals surface area contributed by atoms with Crippen LogP contribution in [0.4, 0.5) is 13.2 Å². The Bertz CT molecular complexity index is 372. The average molecular weight is 263 g/mol. The van der Waals surface area contributed by atoms with Crippen molar-refractivity contribution < 1.29 is 17.9 Å². The molecule has 0 aliphatic carbocycles. The summed E-state index contributed by atoms with van der Waals surface area (Å²) in [4.78, 5) is 0. The Labute approximate surface area is 103 Å². The van der Waals surface area contributed by atoms with E-state index in [4.69, 9.17) is 4.74 Å². The first kappa shape index (κ1) is 13.2. The SMILES string of the molecule is FC(F)(F)Cn1cc(OCC2CCCNC2)cn1. The Morgan fingerprint density at radius 2 is 2.33 bits per heavy atom. The number of aromatic nitrogens is 2. The van der Waals surface area contributed by atoms with Crippen molar-refractivity contribution in [2.75, 3.05) is 19.7 Å². The van der Waals surface area contributed by atoms with Crippen molar-refractivity contribution in [2.24, 2.45) is 5.92 Å². The molecule has 102 valence electrons. The van der Waals surface area contributed by atoms with Gasteiger partial charge in [0.2, 0.25) is 0 Å². The average Bonchev–Trinajstić information content (AvgIpc) is 2.73. The molecule has 0 bridgehead atoms. The Balaban J connectivity index is 1.79. The van der Waals surface area contributed by atoms with Gasteiger partial charge >= 0.3 is 6.18 Å². The molecule has 1 atom stereocenters. The maximum Gasteiger partial charge on any atom is 0.408 e. The molecule has 1 N–H and O–H groups in total. The van der Waals surface area contributed by atoms with Gasteiger partial charge in [-0.3, -0.25) is 4.68 Å². The van der Waals surface area contributed by atoms with Gasteiger partial charge in [0.25, 0.3) is 0 Å². The second kappa shape index (κ2) is 5.60. The largest absolute Gasteiger partial charge is 0.490 e. The third-order valence-electron chi connectivity index (χ3n) is 2.84. The summed E-state index contributed by atoms with van der Waals surface area (Å²) in [6.45, 7) is 1.36. The van der Waals surface area contributed by atoms with Gasteiger partial charge in [-0.05, 0) is 19.4 Å². The van der Waals surface area contributed by atoms with Crippen molar-refractivity contribution in [3.63, 3.8) is 0 Å². The summed E-state index contributed by atoms with van der Waals surface area (Å²) in [6.07, 6.45) is 0.549. The van der Waals surface area contributed by atoms with E-state index in [9.17, 15) is 13.2 Å². The monoisotopic (exact) mass is 263 g/mol. The fraction of sp³-hybridized carbons (Fsp3) is 0.727. The molecule has 1 aromatic heterocycles. The first-order valence-corrected chi connectivity index (χ1v) is 5.96. The van der Waals surface area contributed by atoms with Crippen LogP contribution >= 0.6 is 0 Å². The van der Waals surface area contributed by atoms with E-state index >= 15 is 0 Å². The van der Waals surface area contributed by atoms with Crippen LogP contribution in [-0.2, 0) is 6.54 Å². The molecule has 1 saturated heterocycles. The van der Waals surface area contributed by atoms with E-state index in [1.54, 1.807) is 0 Å². The van der Waals surface area contributed by atoms with Crippen LogP contribution in [-0.4, -0.2) is 35.7 Å². The molecule has 7 heteroatoms. The Morgan fingerprint density at radius 3 is 3.00 bits per heavy atom. The molecule has 1 aliphatic heterocycles. The number of nitrogens with one attached hydrogen (secondary N) is 1. The number of nitrogens with zero attached hydrogens (tertiary/aromatic N) is 2. The summed E-state index contributed by atoms with van der Waals surface area (Å²) >= 11 is 0. The van der Waals surface area contributed by atoms with Gasteiger partial charge in [0.15, 0.2) is 5.75 Å². The van der Waals surface area contributed by atoms with E-state index in [0.29, 0.717) is 18.3 Å². The fourth-order valence-corrected chi connectivity index (χ4v) is 1.97. The van der Waals surface area contributed by atoms with Crippen LogP contribution in [0.1, 0.15) is 12.8 Å². The molecule has 0 aromatic carbocycles. The highest BCUT2D eigenvalue weighted by Crippen LogP contribution is 2.19. The van der Waals surface area contributed by atoms with Gasteiger partial charge in [-0.25, -0.2) is 0 Å². The lowest BCUT2D eigenvalue weighted by Gasteiger charge is -2.22. The molecular weight excluding hydrogens is 247 g/mol. The summed E-state index contributed by atoms with van der Waals surface area (Å²) in [7, 11) is 0. The van der Waals surface area contributed by atoms with Gasteiger partial charge in [-0.1, -0.05) is 0 Å². The predicted octanol–water partition coefficient (Wildman–Crippen LogP) is 1.82. The zero-order chi connectivity index (χ0) is 13.0. The lowest BCUT2D eigenvalue weighted by Crippen LogP contribution is -2.32. The Hall–Kier alpha value is -1.24. The molecular formula is C11H16F3N3O. The normalized spacial score (nSPS) is 20.9. The number of hydrogen-bond donors (Lipinski definition) is 1.